The molecule has 0 aliphatic rings. The van der Waals surface area contributed by atoms with Crippen molar-refractivity contribution in [1.29, 1.82) is 0 Å². The fraction of sp³-hybridized carbons (Fsp3) is 0.240. The lowest BCUT2D eigenvalue weighted by Crippen LogP contribution is -2.20. The number of benzene rings is 2. The predicted molar refractivity (Wildman–Crippen MR) is 124 cm³/mol. The molecule has 0 aliphatic heterocycles. The summed E-state index contributed by atoms with van der Waals surface area (Å²) in [6, 6.07) is 15.9. The fourth-order valence-corrected chi connectivity index (χ4v) is 2.98. The molecule has 9 nitrogen and oxygen atoms in total. The lowest BCUT2D eigenvalue weighted by molar-refractivity contribution is -0.119. The van der Waals surface area contributed by atoms with Gasteiger partial charge in [0.05, 0.1) is 11.3 Å². The Bertz CT molecular complexity index is 1300. The number of rotatable bonds is 6. The van der Waals surface area contributed by atoms with Gasteiger partial charge < -0.3 is 13.7 Å². The van der Waals surface area contributed by atoms with Gasteiger partial charge in [0.2, 0.25) is 17.7 Å². The zero-order valence-electron chi connectivity index (χ0n) is 19.3. The lowest BCUT2D eigenvalue weighted by Gasteiger charge is -2.12. The summed E-state index contributed by atoms with van der Waals surface area (Å²) in [6.45, 7) is 7.47. The third kappa shape index (κ3) is 5.37. The van der Waals surface area contributed by atoms with Crippen LogP contribution in [0.25, 0.3) is 22.9 Å². The fourth-order valence-electron chi connectivity index (χ4n) is 2.98. The summed E-state index contributed by atoms with van der Waals surface area (Å²) in [5, 5.41) is 14.6. The average Bonchev–Trinajstić information content (AvgIpc) is 3.48. The Morgan fingerprint density at radius 3 is 2.09 bits per heavy atom. The number of anilines is 1. The van der Waals surface area contributed by atoms with Crippen molar-refractivity contribution in [1.82, 2.24) is 15.4 Å². The molecule has 0 spiro atoms. The van der Waals surface area contributed by atoms with Crippen LogP contribution in [0.15, 0.2) is 63.5 Å². The molecule has 0 radical (unpaired) electrons. The molecule has 34 heavy (non-hydrogen) atoms. The number of nitrogens with zero attached hydrogens (tertiary/aromatic N) is 3. The molecule has 2 heterocycles. The van der Waals surface area contributed by atoms with Gasteiger partial charge in [-0.1, -0.05) is 43.6 Å². The Morgan fingerprint density at radius 1 is 0.941 bits per heavy atom. The number of ether oxygens (including phenoxy) is 1. The quantitative estimate of drug-likeness (QED) is 0.408. The molecule has 0 atom stereocenters. The highest BCUT2D eigenvalue weighted by atomic mass is 16.5. The van der Waals surface area contributed by atoms with Gasteiger partial charge in [0, 0.05) is 22.6 Å². The minimum atomic E-state index is -0.638. The Morgan fingerprint density at radius 2 is 1.53 bits per heavy atom. The van der Waals surface area contributed by atoms with E-state index in [4.69, 9.17) is 13.7 Å². The monoisotopic (exact) mass is 460 g/mol. The van der Waals surface area contributed by atoms with Crippen LogP contribution < -0.4 is 5.32 Å². The number of hydrogen-bond acceptors (Lipinski definition) is 8. The first kappa shape index (κ1) is 22.9. The van der Waals surface area contributed by atoms with E-state index >= 15 is 0 Å². The molecular weight excluding hydrogens is 436 g/mol. The number of carbonyl (C=O) groups excluding carboxylic acids is 2. The van der Waals surface area contributed by atoms with E-state index < -0.39 is 18.5 Å². The number of amides is 1. The Balaban J connectivity index is 1.33. The first-order valence-electron chi connectivity index (χ1n) is 10.6. The SMILES string of the molecule is Cc1ccc(-c2nnc(-c3ccc(C(=O)OCC(=O)Nc4cc(C(C)(C)C)no4)cc3)o2)cc1. The predicted octanol–water partition coefficient (Wildman–Crippen LogP) is 4.79. The van der Waals surface area contributed by atoms with Gasteiger partial charge in [0.1, 0.15) is 0 Å². The van der Waals surface area contributed by atoms with Gasteiger partial charge in [-0.25, -0.2) is 4.79 Å². The van der Waals surface area contributed by atoms with Crippen molar-refractivity contribution >= 4 is 17.8 Å². The minimum Gasteiger partial charge on any atom is -0.452 e. The molecule has 0 unspecified atom stereocenters. The van der Waals surface area contributed by atoms with E-state index in [9.17, 15) is 9.59 Å². The van der Waals surface area contributed by atoms with Crippen LogP contribution in [0.1, 0.15) is 42.4 Å². The van der Waals surface area contributed by atoms with Crippen LogP contribution in [0.4, 0.5) is 5.88 Å². The second-order valence-corrected chi connectivity index (χ2v) is 8.81. The topological polar surface area (TPSA) is 120 Å². The van der Waals surface area contributed by atoms with Crippen molar-refractivity contribution in [3.05, 3.63) is 71.4 Å². The van der Waals surface area contributed by atoms with Gasteiger partial charge in [0.25, 0.3) is 5.91 Å². The van der Waals surface area contributed by atoms with E-state index in [1.54, 1.807) is 30.3 Å². The maximum absolute atomic E-state index is 12.3. The maximum Gasteiger partial charge on any atom is 0.338 e. The molecule has 2 aromatic carbocycles. The molecule has 0 fully saturated rings. The van der Waals surface area contributed by atoms with Gasteiger partial charge >= 0.3 is 5.97 Å². The third-order valence-corrected chi connectivity index (χ3v) is 4.97. The molecule has 4 rings (SSSR count). The summed E-state index contributed by atoms with van der Waals surface area (Å²) in [4.78, 5) is 24.4. The van der Waals surface area contributed by atoms with Crippen LogP contribution in [0.3, 0.4) is 0 Å². The van der Waals surface area contributed by atoms with E-state index in [1.807, 2.05) is 52.0 Å². The summed E-state index contributed by atoms with van der Waals surface area (Å²) in [5.41, 5.74) is 3.38. The molecule has 1 amide bonds. The van der Waals surface area contributed by atoms with Crippen molar-refractivity contribution in [2.24, 2.45) is 0 Å². The second-order valence-electron chi connectivity index (χ2n) is 8.81. The first-order chi connectivity index (χ1) is 16.2. The van der Waals surface area contributed by atoms with Gasteiger partial charge in [-0.2, -0.15) is 0 Å². The van der Waals surface area contributed by atoms with Gasteiger partial charge in [-0.3, -0.25) is 10.1 Å². The highest BCUT2D eigenvalue weighted by Gasteiger charge is 2.20. The number of esters is 1. The standard InChI is InChI=1S/C25H24N4O5/c1-15-5-7-16(8-6-15)22-27-28-23(33-22)17-9-11-18(12-10-17)24(31)32-14-20(30)26-21-13-19(29-34-21)25(2,3)4/h5-13H,14H2,1-4H3,(H,26,30). The molecule has 174 valence electrons. The van der Waals surface area contributed by atoms with Gasteiger partial charge in [-0.05, 0) is 43.3 Å². The summed E-state index contributed by atoms with van der Waals surface area (Å²) < 4.78 is 15.9. The van der Waals surface area contributed by atoms with Crippen LogP contribution >= 0.6 is 0 Å². The summed E-state index contributed by atoms with van der Waals surface area (Å²) >= 11 is 0. The van der Waals surface area contributed by atoms with Crippen molar-refractivity contribution in [2.45, 2.75) is 33.1 Å². The van der Waals surface area contributed by atoms with Crippen LogP contribution in [-0.4, -0.2) is 33.8 Å². The largest absolute Gasteiger partial charge is 0.452 e. The molecule has 0 saturated carbocycles. The van der Waals surface area contributed by atoms with Crippen molar-refractivity contribution in [3.8, 4) is 22.9 Å². The zero-order chi connectivity index (χ0) is 24.3. The number of aromatic nitrogens is 3. The summed E-state index contributed by atoms with van der Waals surface area (Å²) in [5.74, 6) is -0.237. The van der Waals surface area contributed by atoms with Crippen molar-refractivity contribution in [3.63, 3.8) is 0 Å². The van der Waals surface area contributed by atoms with E-state index in [-0.39, 0.29) is 16.9 Å². The maximum atomic E-state index is 12.3. The molecule has 0 saturated heterocycles. The van der Waals surface area contributed by atoms with E-state index in [0.717, 1.165) is 11.1 Å². The lowest BCUT2D eigenvalue weighted by atomic mass is 9.92. The van der Waals surface area contributed by atoms with Gasteiger partial charge in [0.15, 0.2) is 6.61 Å². The van der Waals surface area contributed by atoms with Crippen LogP contribution in [0.5, 0.6) is 0 Å². The van der Waals surface area contributed by atoms with Crippen LogP contribution in [-0.2, 0) is 14.9 Å². The number of aryl methyl sites for hydroxylation is 1. The Hall–Kier alpha value is -4.27. The molecule has 4 aromatic rings. The van der Waals surface area contributed by atoms with E-state index in [1.165, 1.54) is 0 Å². The first-order valence-corrected chi connectivity index (χ1v) is 10.6. The molecule has 9 heteroatoms. The average molecular weight is 460 g/mol. The highest BCUT2D eigenvalue weighted by molar-refractivity contribution is 5.95. The molecule has 2 aromatic heterocycles. The minimum absolute atomic E-state index is 0.194. The van der Waals surface area contributed by atoms with E-state index in [2.05, 4.69) is 20.7 Å². The molecular formula is C25H24N4O5. The van der Waals surface area contributed by atoms with Crippen LogP contribution in [0, 0.1) is 6.92 Å². The molecule has 0 bridgehead atoms. The molecule has 0 aliphatic carbocycles. The van der Waals surface area contributed by atoms with Gasteiger partial charge in [-0.15, -0.1) is 10.2 Å². The summed E-state index contributed by atoms with van der Waals surface area (Å²) in [7, 11) is 0. The number of nitrogens with one attached hydrogen (secondary N) is 1. The highest BCUT2D eigenvalue weighted by Crippen LogP contribution is 2.25. The summed E-state index contributed by atoms with van der Waals surface area (Å²) in [6.07, 6.45) is 0. The number of hydrogen-bond donors (Lipinski definition) is 1. The normalized spacial score (nSPS) is 11.3. The van der Waals surface area contributed by atoms with Crippen molar-refractivity contribution in [2.75, 3.05) is 11.9 Å². The van der Waals surface area contributed by atoms with E-state index in [0.29, 0.717) is 23.0 Å². The van der Waals surface area contributed by atoms with Crippen molar-refractivity contribution < 1.29 is 23.3 Å². The molecule has 1 N–H and O–H groups in total. The Labute approximate surface area is 196 Å². The zero-order valence-corrected chi connectivity index (χ0v) is 19.3. The van der Waals surface area contributed by atoms with Crippen LogP contribution in [0.2, 0.25) is 0 Å². The third-order valence-electron chi connectivity index (χ3n) is 4.97. The Kier molecular flexibility index (Phi) is 6.27. The smallest absolute Gasteiger partial charge is 0.338 e. The second kappa shape index (κ2) is 9.30. The number of carbonyl (C=O) groups is 2.